The first-order chi connectivity index (χ1) is 21.9. The van der Waals surface area contributed by atoms with E-state index < -0.39 is 12.0 Å². The fourth-order valence-electron chi connectivity index (χ4n) is 5.10. The van der Waals surface area contributed by atoms with E-state index in [-0.39, 0.29) is 12.2 Å². The van der Waals surface area contributed by atoms with Gasteiger partial charge in [0.15, 0.2) is 4.80 Å². The van der Waals surface area contributed by atoms with Gasteiger partial charge in [-0.15, -0.1) is 11.8 Å². The Balaban J connectivity index is 1.43. The van der Waals surface area contributed by atoms with Crippen molar-refractivity contribution in [1.82, 2.24) is 4.57 Å². The lowest BCUT2D eigenvalue weighted by Crippen LogP contribution is -2.40. The van der Waals surface area contributed by atoms with Crippen molar-refractivity contribution in [3.05, 3.63) is 156 Å². The molecule has 9 heteroatoms. The molecule has 0 amide bonds. The lowest BCUT2D eigenvalue weighted by atomic mass is 9.93. The molecule has 0 fully saturated rings. The van der Waals surface area contributed by atoms with Gasteiger partial charge in [0, 0.05) is 15.5 Å². The van der Waals surface area contributed by atoms with Crippen molar-refractivity contribution >= 4 is 52.4 Å². The molecule has 45 heavy (non-hydrogen) atoms. The van der Waals surface area contributed by atoms with Crippen molar-refractivity contribution in [2.24, 2.45) is 4.99 Å². The summed E-state index contributed by atoms with van der Waals surface area (Å²) in [4.78, 5) is 34.2. The fourth-order valence-corrected chi connectivity index (χ4v) is 6.64. The maximum Gasteiger partial charge on any atom is 0.338 e. The maximum atomic E-state index is 14.1. The van der Waals surface area contributed by atoms with Gasteiger partial charge < -0.3 is 9.47 Å². The van der Waals surface area contributed by atoms with Gasteiger partial charge in [-0.1, -0.05) is 89.7 Å². The zero-order valence-electron chi connectivity index (χ0n) is 24.6. The summed E-state index contributed by atoms with van der Waals surface area (Å²) in [6, 6.07) is 31.9. The van der Waals surface area contributed by atoms with Crippen LogP contribution in [-0.2, 0) is 16.1 Å². The largest absolute Gasteiger partial charge is 0.489 e. The zero-order chi connectivity index (χ0) is 31.3. The van der Waals surface area contributed by atoms with Gasteiger partial charge in [0.2, 0.25) is 0 Å². The molecule has 0 aliphatic carbocycles. The number of carbonyl (C=O) groups excluding carboxylic acids is 1. The van der Waals surface area contributed by atoms with Gasteiger partial charge in [-0.25, -0.2) is 9.79 Å². The third kappa shape index (κ3) is 6.68. The Morgan fingerprint density at radius 3 is 2.36 bits per heavy atom. The Bertz CT molecular complexity index is 2030. The topological polar surface area (TPSA) is 69.9 Å². The molecular formula is C36H29ClN2O4S2. The van der Waals surface area contributed by atoms with Gasteiger partial charge in [0.25, 0.3) is 5.56 Å². The first-order valence-electron chi connectivity index (χ1n) is 14.3. The summed E-state index contributed by atoms with van der Waals surface area (Å²) in [5.74, 6) is 0.214. The standard InChI is InChI=1S/C36H29ClN2O4S2/c1-3-42-35(41)31-32(25-7-5-4-6-8-25)38-36-39(33(31)26-13-19-29(44-2)20-14-26)34(40)30(45-36)21-23-11-17-28(18-12-23)43-22-24-9-15-27(37)16-10-24/h4-21,33H,3,22H2,1-2H3/b30-21-. The van der Waals surface area contributed by atoms with Crippen LogP contribution >= 0.6 is 34.7 Å². The molecule has 0 bridgehead atoms. The van der Waals surface area contributed by atoms with Crippen molar-refractivity contribution in [1.29, 1.82) is 0 Å². The third-order valence-corrected chi connectivity index (χ3v) is 9.28. The molecule has 0 spiro atoms. The fraction of sp³-hybridized carbons (Fsp3) is 0.139. The number of carbonyl (C=O) groups is 1. The van der Waals surface area contributed by atoms with E-state index in [1.807, 2.05) is 115 Å². The van der Waals surface area contributed by atoms with Crippen LogP contribution in [0.2, 0.25) is 5.02 Å². The highest BCUT2D eigenvalue weighted by Crippen LogP contribution is 2.35. The second-order valence-electron chi connectivity index (χ2n) is 10.2. The quantitative estimate of drug-likeness (QED) is 0.128. The molecule has 0 saturated heterocycles. The summed E-state index contributed by atoms with van der Waals surface area (Å²) in [7, 11) is 0. The molecule has 2 heterocycles. The van der Waals surface area contributed by atoms with Gasteiger partial charge >= 0.3 is 5.97 Å². The number of aromatic nitrogens is 1. The van der Waals surface area contributed by atoms with Crippen LogP contribution in [0.3, 0.4) is 0 Å². The minimum atomic E-state index is -0.711. The SMILES string of the molecule is CCOC(=O)C1=C(c2ccccc2)N=c2s/c(=C\c3ccc(OCc4ccc(Cl)cc4)cc3)c(=O)n2C1c1ccc(SC)cc1. The van der Waals surface area contributed by atoms with E-state index in [0.717, 1.165) is 27.1 Å². The van der Waals surface area contributed by atoms with Crippen molar-refractivity contribution in [2.45, 2.75) is 24.5 Å². The van der Waals surface area contributed by atoms with Crippen LogP contribution < -0.4 is 19.6 Å². The van der Waals surface area contributed by atoms with Crippen LogP contribution in [-0.4, -0.2) is 23.4 Å². The highest BCUT2D eigenvalue weighted by molar-refractivity contribution is 7.98. The number of thiazole rings is 1. The number of fused-ring (bicyclic) bond motifs is 1. The highest BCUT2D eigenvalue weighted by Gasteiger charge is 2.35. The molecule has 6 rings (SSSR count). The van der Waals surface area contributed by atoms with E-state index >= 15 is 0 Å². The number of halogens is 1. The van der Waals surface area contributed by atoms with Crippen molar-refractivity contribution in [3.8, 4) is 5.75 Å². The molecule has 1 aliphatic heterocycles. The first kappa shape index (κ1) is 30.6. The Kier molecular flexibility index (Phi) is 9.35. The predicted octanol–water partition coefficient (Wildman–Crippen LogP) is 6.89. The molecule has 0 N–H and O–H groups in total. The second-order valence-corrected chi connectivity index (χ2v) is 12.5. The minimum absolute atomic E-state index is 0.201. The summed E-state index contributed by atoms with van der Waals surface area (Å²) < 4.78 is 13.6. The molecule has 6 nitrogen and oxygen atoms in total. The van der Waals surface area contributed by atoms with Crippen LogP contribution in [0.5, 0.6) is 5.75 Å². The van der Waals surface area contributed by atoms with Crippen molar-refractivity contribution in [3.63, 3.8) is 0 Å². The second kappa shape index (κ2) is 13.7. The van der Waals surface area contributed by atoms with Crippen LogP contribution in [0.25, 0.3) is 11.8 Å². The highest BCUT2D eigenvalue weighted by atomic mass is 35.5. The molecule has 1 atom stereocenters. The average Bonchev–Trinajstić information content (AvgIpc) is 3.38. The summed E-state index contributed by atoms with van der Waals surface area (Å²) in [6.07, 6.45) is 3.85. The molecule has 0 saturated carbocycles. The lowest BCUT2D eigenvalue weighted by molar-refractivity contribution is -0.138. The van der Waals surface area contributed by atoms with E-state index in [0.29, 0.717) is 38.0 Å². The van der Waals surface area contributed by atoms with Gasteiger partial charge in [-0.05, 0) is 72.3 Å². The number of rotatable bonds is 9. The van der Waals surface area contributed by atoms with E-state index in [1.165, 1.54) is 11.3 Å². The Morgan fingerprint density at radius 1 is 0.978 bits per heavy atom. The van der Waals surface area contributed by atoms with Crippen molar-refractivity contribution < 1.29 is 14.3 Å². The number of esters is 1. The number of ether oxygens (including phenoxy) is 2. The number of hydrogen-bond acceptors (Lipinski definition) is 7. The van der Waals surface area contributed by atoms with Crippen molar-refractivity contribution in [2.75, 3.05) is 12.9 Å². The Labute approximate surface area is 274 Å². The number of nitrogens with zero attached hydrogens (tertiary/aromatic N) is 2. The average molecular weight is 653 g/mol. The Hall–Kier alpha value is -4.37. The summed E-state index contributed by atoms with van der Waals surface area (Å²) in [5.41, 5.74) is 4.04. The van der Waals surface area contributed by atoms with E-state index in [2.05, 4.69) is 0 Å². The molecule has 4 aromatic carbocycles. The molecule has 1 unspecified atom stereocenters. The predicted molar refractivity (Wildman–Crippen MR) is 182 cm³/mol. The number of thioether (sulfide) groups is 1. The van der Waals surface area contributed by atoms with Crippen LogP contribution in [0, 0.1) is 0 Å². The molecule has 5 aromatic rings. The zero-order valence-corrected chi connectivity index (χ0v) is 27.0. The third-order valence-electron chi connectivity index (χ3n) is 7.30. The smallest absolute Gasteiger partial charge is 0.338 e. The lowest BCUT2D eigenvalue weighted by Gasteiger charge is -2.26. The van der Waals surface area contributed by atoms with E-state index in [4.69, 9.17) is 26.1 Å². The molecule has 226 valence electrons. The maximum absolute atomic E-state index is 14.1. The summed E-state index contributed by atoms with van der Waals surface area (Å²) in [6.45, 7) is 2.39. The van der Waals surface area contributed by atoms with Crippen LogP contribution in [0.15, 0.2) is 123 Å². The molecule has 0 radical (unpaired) electrons. The molecule has 1 aromatic heterocycles. The Morgan fingerprint density at radius 2 is 1.69 bits per heavy atom. The van der Waals surface area contributed by atoms with Gasteiger partial charge in [0.1, 0.15) is 12.4 Å². The van der Waals surface area contributed by atoms with Crippen LogP contribution in [0.1, 0.15) is 35.2 Å². The minimum Gasteiger partial charge on any atom is -0.489 e. The van der Waals surface area contributed by atoms with E-state index in [1.54, 1.807) is 23.3 Å². The number of benzene rings is 4. The number of hydrogen-bond donors (Lipinski definition) is 0. The van der Waals surface area contributed by atoms with E-state index in [9.17, 15) is 9.59 Å². The van der Waals surface area contributed by atoms with Gasteiger partial charge in [-0.2, -0.15) is 0 Å². The monoisotopic (exact) mass is 652 g/mol. The summed E-state index contributed by atoms with van der Waals surface area (Å²) >= 11 is 8.90. The van der Waals surface area contributed by atoms with Gasteiger partial charge in [-0.3, -0.25) is 9.36 Å². The first-order valence-corrected chi connectivity index (χ1v) is 16.8. The van der Waals surface area contributed by atoms with Gasteiger partial charge in [0.05, 0.1) is 28.5 Å². The normalized spacial score (nSPS) is 14.6. The molecule has 1 aliphatic rings. The summed E-state index contributed by atoms with van der Waals surface area (Å²) in [5, 5.41) is 0.682. The molecular weight excluding hydrogens is 624 g/mol. The van der Waals surface area contributed by atoms with Crippen LogP contribution in [0.4, 0.5) is 0 Å².